The largest absolute Gasteiger partial charge is 0.315 e. The topological polar surface area (TPSA) is 41.1 Å². The van der Waals surface area contributed by atoms with Crippen molar-refractivity contribution in [3.63, 3.8) is 0 Å². The van der Waals surface area contributed by atoms with Crippen LogP contribution >= 0.6 is 11.6 Å². The monoisotopic (exact) mass is 240 g/mol. The third-order valence-corrected chi connectivity index (χ3v) is 3.19. The molecule has 5 heteroatoms. The molecular formula is C11H17ClN4. The minimum absolute atomic E-state index is 0.450. The number of hydrogen-bond donors (Lipinski definition) is 1. The summed E-state index contributed by atoms with van der Waals surface area (Å²) in [6.45, 7) is 3.04. The predicted molar refractivity (Wildman–Crippen MR) is 64.4 cm³/mol. The maximum Gasteiger partial charge on any atom is 0.151 e. The van der Waals surface area contributed by atoms with Crippen LogP contribution in [0.2, 0.25) is 5.15 Å². The summed E-state index contributed by atoms with van der Waals surface area (Å²) in [5, 5.41) is 11.8. The average molecular weight is 241 g/mol. The van der Waals surface area contributed by atoms with E-state index >= 15 is 0 Å². The number of piperidine rings is 1. The second-order valence-corrected chi connectivity index (χ2v) is 4.65. The first-order chi connectivity index (χ1) is 7.75. The van der Waals surface area contributed by atoms with E-state index in [0.717, 1.165) is 25.3 Å². The van der Waals surface area contributed by atoms with Crippen molar-refractivity contribution in [2.75, 3.05) is 20.1 Å². The quantitative estimate of drug-likeness (QED) is 0.865. The van der Waals surface area contributed by atoms with Gasteiger partial charge in [0.05, 0.1) is 5.69 Å². The van der Waals surface area contributed by atoms with E-state index in [1.165, 1.54) is 12.8 Å². The molecular weight excluding hydrogens is 224 g/mol. The van der Waals surface area contributed by atoms with Crippen LogP contribution in [0.15, 0.2) is 12.1 Å². The van der Waals surface area contributed by atoms with E-state index in [-0.39, 0.29) is 0 Å². The molecule has 1 N–H and O–H groups in total. The first-order valence-corrected chi connectivity index (χ1v) is 6.02. The van der Waals surface area contributed by atoms with Gasteiger partial charge < -0.3 is 5.32 Å². The molecule has 1 saturated heterocycles. The molecule has 1 aliphatic rings. The molecule has 0 saturated carbocycles. The van der Waals surface area contributed by atoms with Crippen LogP contribution in [0.3, 0.4) is 0 Å². The second kappa shape index (κ2) is 5.57. The number of likely N-dealkylation sites (N-methyl/N-ethyl adjacent to an activating group) is 1. The van der Waals surface area contributed by atoms with Crippen LogP contribution in [0, 0.1) is 0 Å². The van der Waals surface area contributed by atoms with Crippen LogP contribution in [0.4, 0.5) is 0 Å². The van der Waals surface area contributed by atoms with Gasteiger partial charge in [0.1, 0.15) is 0 Å². The summed E-state index contributed by atoms with van der Waals surface area (Å²) in [4.78, 5) is 2.32. The van der Waals surface area contributed by atoms with Crippen molar-refractivity contribution in [2.24, 2.45) is 0 Å². The summed E-state index contributed by atoms with van der Waals surface area (Å²) >= 11 is 5.70. The molecule has 0 amide bonds. The Labute approximate surface area is 101 Å². The van der Waals surface area contributed by atoms with Crippen molar-refractivity contribution in [1.29, 1.82) is 0 Å². The number of halogens is 1. The number of aromatic nitrogens is 2. The zero-order valence-corrected chi connectivity index (χ0v) is 10.2. The molecule has 0 bridgehead atoms. The molecule has 1 atom stereocenters. The Morgan fingerprint density at radius 3 is 3.00 bits per heavy atom. The number of nitrogens with zero attached hydrogens (tertiary/aromatic N) is 3. The lowest BCUT2D eigenvalue weighted by Gasteiger charge is -2.31. The molecule has 0 aliphatic carbocycles. The molecule has 0 aromatic carbocycles. The molecule has 16 heavy (non-hydrogen) atoms. The van der Waals surface area contributed by atoms with Gasteiger partial charge in [-0.3, -0.25) is 4.90 Å². The Kier molecular flexibility index (Phi) is 4.09. The van der Waals surface area contributed by atoms with Crippen LogP contribution < -0.4 is 5.32 Å². The van der Waals surface area contributed by atoms with E-state index < -0.39 is 0 Å². The number of hydrogen-bond acceptors (Lipinski definition) is 4. The van der Waals surface area contributed by atoms with Crippen molar-refractivity contribution >= 4 is 11.6 Å². The summed E-state index contributed by atoms with van der Waals surface area (Å²) in [6.07, 6.45) is 2.51. The van der Waals surface area contributed by atoms with Gasteiger partial charge in [0, 0.05) is 19.1 Å². The molecule has 4 nitrogen and oxygen atoms in total. The summed E-state index contributed by atoms with van der Waals surface area (Å²) in [6, 6.07) is 4.32. The molecule has 1 fully saturated rings. The van der Waals surface area contributed by atoms with Gasteiger partial charge in [-0.25, -0.2) is 0 Å². The maximum atomic E-state index is 5.70. The molecule has 1 aromatic rings. The van der Waals surface area contributed by atoms with Crippen LogP contribution in [-0.4, -0.2) is 41.3 Å². The third-order valence-electron chi connectivity index (χ3n) is 2.99. The van der Waals surface area contributed by atoms with Gasteiger partial charge in [-0.2, -0.15) is 5.10 Å². The van der Waals surface area contributed by atoms with Crippen molar-refractivity contribution in [3.8, 4) is 0 Å². The highest BCUT2D eigenvalue weighted by atomic mass is 35.5. The summed E-state index contributed by atoms with van der Waals surface area (Å²) < 4.78 is 0. The SMILES string of the molecule is CN(Cc1ccc(Cl)nn1)[C@@H]1CCCNC1. The highest BCUT2D eigenvalue weighted by Crippen LogP contribution is 2.11. The zero-order valence-electron chi connectivity index (χ0n) is 9.49. The van der Waals surface area contributed by atoms with E-state index in [1.807, 2.05) is 6.07 Å². The Balaban J connectivity index is 1.90. The lowest BCUT2D eigenvalue weighted by atomic mass is 10.1. The van der Waals surface area contributed by atoms with E-state index in [4.69, 9.17) is 11.6 Å². The fourth-order valence-electron chi connectivity index (χ4n) is 2.02. The van der Waals surface area contributed by atoms with Crippen molar-refractivity contribution in [2.45, 2.75) is 25.4 Å². The van der Waals surface area contributed by atoms with Crippen LogP contribution in [0.1, 0.15) is 18.5 Å². The normalized spacial score (nSPS) is 21.3. The van der Waals surface area contributed by atoms with E-state index in [2.05, 4.69) is 27.5 Å². The van der Waals surface area contributed by atoms with Gasteiger partial charge in [0.25, 0.3) is 0 Å². The highest BCUT2D eigenvalue weighted by molar-refractivity contribution is 6.29. The van der Waals surface area contributed by atoms with Gasteiger partial charge in [0.2, 0.25) is 0 Å². The first kappa shape index (κ1) is 11.8. The van der Waals surface area contributed by atoms with Gasteiger partial charge in [-0.05, 0) is 38.6 Å². The first-order valence-electron chi connectivity index (χ1n) is 5.65. The molecule has 2 rings (SSSR count). The van der Waals surface area contributed by atoms with Crippen LogP contribution in [-0.2, 0) is 6.54 Å². The number of rotatable bonds is 3. The van der Waals surface area contributed by atoms with Gasteiger partial charge in [-0.15, -0.1) is 5.10 Å². The highest BCUT2D eigenvalue weighted by Gasteiger charge is 2.17. The van der Waals surface area contributed by atoms with Crippen molar-refractivity contribution in [1.82, 2.24) is 20.4 Å². The lowest BCUT2D eigenvalue weighted by Crippen LogP contribution is -2.43. The minimum Gasteiger partial charge on any atom is -0.315 e. The third kappa shape index (κ3) is 3.14. The van der Waals surface area contributed by atoms with Gasteiger partial charge in [0.15, 0.2) is 5.15 Å². The summed E-state index contributed by atoms with van der Waals surface area (Å²) in [5.74, 6) is 0. The molecule has 88 valence electrons. The van der Waals surface area contributed by atoms with Crippen LogP contribution in [0.25, 0.3) is 0 Å². The maximum absolute atomic E-state index is 5.70. The Hall–Kier alpha value is -0.710. The smallest absolute Gasteiger partial charge is 0.151 e. The predicted octanol–water partition coefficient (Wildman–Crippen LogP) is 1.31. The summed E-state index contributed by atoms with van der Waals surface area (Å²) in [7, 11) is 2.13. The Morgan fingerprint density at radius 1 is 1.50 bits per heavy atom. The molecule has 0 radical (unpaired) electrons. The zero-order chi connectivity index (χ0) is 11.4. The molecule has 1 aromatic heterocycles. The standard InChI is InChI=1S/C11H17ClN4/c1-16(10-3-2-6-13-7-10)8-9-4-5-11(12)15-14-9/h4-5,10,13H,2-3,6-8H2,1H3/t10-/m1/s1. The molecule has 0 spiro atoms. The number of nitrogens with one attached hydrogen (secondary N) is 1. The molecule has 2 heterocycles. The second-order valence-electron chi connectivity index (χ2n) is 4.26. The molecule has 1 aliphatic heterocycles. The fraction of sp³-hybridized carbons (Fsp3) is 0.636. The average Bonchev–Trinajstić information content (AvgIpc) is 2.33. The Morgan fingerprint density at radius 2 is 2.38 bits per heavy atom. The van der Waals surface area contributed by atoms with Crippen LogP contribution in [0.5, 0.6) is 0 Å². The minimum atomic E-state index is 0.450. The van der Waals surface area contributed by atoms with Crippen molar-refractivity contribution in [3.05, 3.63) is 23.0 Å². The van der Waals surface area contributed by atoms with E-state index in [9.17, 15) is 0 Å². The Bertz CT molecular complexity index is 321. The van der Waals surface area contributed by atoms with E-state index in [1.54, 1.807) is 6.07 Å². The van der Waals surface area contributed by atoms with Gasteiger partial charge >= 0.3 is 0 Å². The molecule has 0 unspecified atom stereocenters. The lowest BCUT2D eigenvalue weighted by molar-refractivity contribution is 0.193. The van der Waals surface area contributed by atoms with Crippen molar-refractivity contribution < 1.29 is 0 Å². The van der Waals surface area contributed by atoms with E-state index in [0.29, 0.717) is 11.2 Å². The summed E-state index contributed by atoms with van der Waals surface area (Å²) in [5.41, 5.74) is 0.970. The van der Waals surface area contributed by atoms with Gasteiger partial charge in [-0.1, -0.05) is 11.6 Å². The fourth-order valence-corrected chi connectivity index (χ4v) is 2.12.